The molecule has 1 aliphatic rings. The van der Waals surface area contributed by atoms with Gasteiger partial charge in [-0.15, -0.1) is 11.3 Å². The van der Waals surface area contributed by atoms with Crippen LogP contribution in [-0.2, 0) is 9.53 Å². The molecular weight excluding hydrogens is 349 g/mol. The molecule has 0 spiro atoms. The highest BCUT2D eigenvalue weighted by atomic mass is 32.1. The number of hydrogen-bond acceptors (Lipinski definition) is 4. The van der Waals surface area contributed by atoms with Gasteiger partial charge in [-0.3, -0.25) is 4.79 Å². The average Bonchev–Trinajstić information content (AvgIpc) is 3.11. The summed E-state index contributed by atoms with van der Waals surface area (Å²) in [5.74, 6) is -0.838. The Morgan fingerprint density at radius 3 is 2.58 bits per heavy atom. The first-order valence-corrected chi connectivity index (χ1v) is 9.93. The first-order chi connectivity index (χ1) is 12.4. The number of carbonyl (C=O) groups excluding carboxylic acids is 1. The molecule has 26 heavy (non-hydrogen) atoms. The van der Waals surface area contributed by atoms with Crippen molar-refractivity contribution in [2.75, 3.05) is 25.1 Å². The fourth-order valence-electron chi connectivity index (χ4n) is 3.79. The van der Waals surface area contributed by atoms with Crippen LogP contribution in [0.5, 0.6) is 0 Å². The van der Waals surface area contributed by atoms with E-state index in [1.165, 1.54) is 43.5 Å². The van der Waals surface area contributed by atoms with Gasteiger partial charge >= 0.3 is 5.97 Å². The van der Waals surface area contributed by atoms with E-state index in [0.29, 0.717) is 0 Å². The van der Waals surface area contributed by atoms with Gasteiger partial charge in [-0.2, -0.15) is 0 Å². The number of halogens is 1. The lowest BCUT2D eigenvalue weighted by Gasteiger charge is -2.32. The van der Waals surface area contributed by atoms with Crippen molar-refractivity contribution in [3.63, 3.8) is 0 Å². The summed E-state index contributed by atoms with van der Waals surface area (Å²) in [6.45, 7) is 5.89. The fourth-order valence-corrected chi connectivity index (χ4v) is 5.16. The van der Waals surface area contributed by atoms with Gasteiger partial charge in [-0.05, 0) is 62.9 Å². The van der Waals surface area contributed by atoms with Gasteiger partial charge in [0.25, 0.3) is 0 Å². The third-order valence-electron chi connectivity index (χ3n) is 5.18. The van der Waals surface area contributed by atoms with E-state index in [1.807, 2.05) is 19.9 Å². The van der Waals surface area contributed by atoms with Crippen molar-refractivity contribution >= 4 is 22.3 Å². The number of methoxy groups -OCH3 is 1. The second-order valence-electron chi connectivity index (χ2n) is 7.42. The number of carbonyl (C=O) groups is 1. The molecule has 5 heteroatoms. The summed E-state index contributed by atoms with van der Waals surface area (Å²) in [7, 11) is 1.40. The number of hydrogen-bond donors (Lipinski definition) is 0. The van der Waals surface area contributed by atoms with Crippen molar-refractivity contribution in [2.24, 2.45) is 5.41 Å². The molecule has 0 aliphatic carbocycles. The molecule has 3 rings (SSSR count). The van der Waals surface area contributed by atoms with E-state index in [1.54, 1.807) is 17.4 Å². The van der Waals surface area contributed by atoms with Crippen molar-refractivity contribution in [2.45, 2.75) is 39.0 Å². The van der Waals surface area contributed by atoms with E-state index in [2.05, 4.69) is 17.0 Å². The number of ether oxygens (including phenoxy) is 1. The highest BCUT2D eigenvalue weighted by Crippen LogP contribution is 2.46. The van der Waals surface area contributed by atoms with Gasteiger partial charge in [0, 0.05) is 23.9 Å². The van der Waals surface area contributed by atoms with Crippen molar-refractivity contribution in [3.05, 3.63) is 52.7 Å². The van der Waals surface area contributed by atoms with Crippen molar-refractivity contribution < 1.29 is 13.9 Å². The largest absolute Gasteiger partial charge is 0.469 e. The topological polar surface area (TPSA) is 29.5 Å². The average molecular weight is 376 g/mol. The predicted molar refractivity (Wildman–Crippen MR) is 104 cm³/mol. The van der Waals surface area contributed by atoms with Crippen molar-refractivity contribution in [3.8, 4) is 0 Å². The summed E-state index contributed by atoms with van der Waals surface area (Å²) in [5, 5.41) is 1.22. The molecule has 2 aromatic rings. The number of piperidine rings is 1. The maximum Gasteiger partial charge on any atom is 0.312 e. The number of rotatable bonds is 5. The molecule has 1 aliphatic heterocycles. The zero-order valence-corrected chi connectivity index (χ0v) is 16.4. The summed E-state index contributed by atoms with van der Waals surface area (Å²) in [6, 6.07) is 10.7. The molecule has 2 heterocycles. The van der Waals surface area contributed by atoms with Crippen molar-refractivity contribution in [1.82, 2.24) is 0 Å². The van der Waals surface area contributed by atoms with Crippen LogP contribution in [0.3, 0.4) is 0 Å². The molecule has 0 radical (unpaired) electrons. The Labute approximate surface area is 158 Å². The van der Waals surface area contributed by atoms with Gasteiger partial charge in [0.05, 0.1) is 17.5 Å². The highest BCUT2D eigenvalue weighted by Gasteiger charge is 2.41. The first kappa shape index (κ1) is 18.9. The second kappa shape index (κ2) is 7.78. The molecule has 1 aromatic carbocycles. The van der Waals surface area contributed by atoms with E-state index in [4.69, 9.17) is 4.74 Å². The fraction of sp³-hybridized carbons (Fsp3) is 0.476. The van der Waals surface area contributed by atoms with Crippen LogP contribution >= 0.6 is 11.3 Å². The molecule has 0 saturated carbocycles. The minimum absolute atomic E-state index is 0.255. The lowest BCUT2D eigenvalue weighted by atomic mass is 9.74. The minimum Gasteiger partial charge on any atom is -0.469 e. The van der Waals surface area contributed by atoms with E-state index >= 15 is 0 Å². The molecule has 1 fully saturated rings. The molecular formula is C21H26FNO2S. The number of nitrogens with zero attached hydrogens (tertiary/aromatic N) is 1. The Morgan fingerprint density at radius 1 is 1.19 bits per heavy atom. The Hall–Kier alpha value is -1.88. The van der Waals surface area contributed by atoms with Gasteiger partial charge in [0.1, 0.15) is 5.82 Å². The molecule has 0 bridgehead atoms. The Kier molecular flexibility index (Phi) is 5.66. The Bertz CT molecular complexity index is 765. The smallest absolute Gasteiger partial charge is 0.312 e. The SMILES string of the molecule is COC(=O)C(C)(C)C(c1cccc(F)c1)c1ccc(N2CCCCC2)s1. The predicted octanol–water partition coefficient (Wildman–Crippen LogP) is 5.21. The number of benzene rings is 1. The maximum atomic E-state index is 13.9. The van der Waals surface area contributed by atoms with Gasteiger partial charge < -0.3 is 9.64 Å². The third kappa shape index (κ3) is 3.78. The van der Waals surface area contributed by atoms with Crippen molar-refractivity contribution in [1.29, 1.82) is 0 Å². The zero-order valence-electron chi connectivity index (χ0n) is 15.6. The van der Waals surface area contributed by atoms with Crippen LogP contribution in [0.25, 0.3) is 0 Å². The van der Waals surface area contributed by atoms with Crippen LogP contribution in [-0.4, -0.2) is 26.2 Å². The number of esters is 1. The monoisotopic (exact) mass is 375 g/mol. The molecule has 140 valence electrons. The van der Waals surface area contributed by atoms with E-state index in [9.17, 15) is 9.18 Å². The number of thiophene rings is 1. The van der Waals surface area contributed by atoms with Gasteiger partial charge in [0.15, 0.2) is 0 Å². The highest BCUT2D eigenvalue weighted by molar-refractivity contribution is 7.16. The van der Waals surface area contributed by atoms with Crippen LogP contribution in [0.2, 0.25) is 0 Å². The summed E-state index contributed by atoms with van der Waals surface area (Å²) in [5.41, 5.74) is -0.000483. The third-order valence-corrected chi connectivity index (χ3v) is 6.39. The van der Waals surface area contributed by atoms with Crippen LogP contribution in [0, 0.1) is 11.2 Å². The van der Waals surface area contributed by atoms with E-state index in [0.717, 1.165) is 23.5 Å². The van der Waals surface area contributed by atoms with Crippen LogP contribution in [0.4, 0.5) is 9.39 Å². The summed E-state index contributed by atoms with van der Waals surface area (Å²) < 4.78 is 18.9. The summed E-state index contributed by atoms with van der Waals surface area (Å²) in [4.78, 5) is 16.0. The molecule has 1 saturated heterocycles. The van der Waals surface area contributed by atoms with Crippen LogP contribution in [0.15, 0.2) is 36.4 Å². The quantitative estimate of drug-likeness (QED) is 0.672. The molecule has 1 aromatic heterocycles. The summed E-state index contributed by atoms with van der Waals surface area (Å²) in [6.07, 6.45) is 3.72. The number of anilines is 1. The van der Waals surface area contributed by atoms with Gasteiger partial charge in [-0.1, -0.05) is 12.1 Å². The van der Waals surface area contributed by atoms with E-state index < -0.39 is 5.41 Å². The molecule has 3 nitrogen and oxygen atoms in total. The molecule has 1 atom stereocenters. The normalized spacial score (nSPS) is 16.4. The summed E-state index contributed by atoms with van der Waals surface area (Å²) >= 11 is 1.70. The lowest BCUT2D eigenvalue weighted by Crippen LogP contribution is -2.33. The Morgan fingerprint density at radius 2 is 1.92 bits per heavy atom. The Balaban J connectivity index is 2.01. The molecule has 1 unspecified atom stereocenters. The lowest BCUT2D eigenvalue weighted by molar-refractivity contribution is -0.151. The zero-order chi connectivity index (χ0) is 18.7. The van der Waals surface area contributed by atoms with Gasteiger partial charge in [-0.25, -0.2) is 4.39 Å². The van der Waals surface area contributed by atoms with Crippen LogP contribution in [0.1, 0.15) is 49.5 Å². The first-order valence-electron chi connectivity index (χ1n) is 9.12. The molecule has 0 N–H and O–H groups in total. The second-order valence-corrected chi connectivity index (χ2v) is 8.52. The maximum absolute atomic E-state index is 13.9. The van der Waals surface area contributed by atoms with E-state index in [-0.39, 0.29) is 17.7 Å². The molecule has 0 amide bonds. The minimum atomic E-state index is -0.799. The standard InChI is InChI=1S/C21H26FNO2S/c1-21(2,20(24)25-3)19(15-8-7-9-16(22)14-15)17-10-11-18(26-17)23-12-5-4-6-13-23/h7-11,14,19H,4-6,12-13H2,1-3H3. The van der Waals surface area contributed by atoms with Crippen LogP contribution < -0.4 is 4.90 Å². The van der Waals surface area contributed by atoms with Gasteiger partial charge in [0.2, 0.25) is 0 Å².